The van der Waals surface area contributed by atoms with Gasteiger partial charge in [0.05, 0.1) is 6.54 Å². The predicted molar refractivity (Wildman–Crippen MR) is 108 cm³/mol. The van der Waals surface area contributed by atoms with E-state index in [0.717, 1.165) is 57.9 Å². The van der Waals surface area contributed by atoms with Crippen molar-refractivity contribution >= 4 is 23.3 Å². The van der Waals surface area contributed by atoms with Gasteiger partial charge in [-0.15, -0.1) is 0 Å². The molecule has 2 aliphatic rings. The first-order valence-electron chi connectivity index (χ1n) is 9.68. The molecule has 8 heteroatoms. The molecule has 0 spiro atoms. The summed E-state index contributed by atoms with van der Waals surface area (Å²) in [6.07, 6.45) is 3.78. The van der Waals surface area contributed by atoms with Gasteiger partial charge in [-0.1, -0.05) is 11.6 Å². The lowest BCUT2D eigenvalue weighted by Gasteiger charge is -2.35. The van der Waals surface area contributed by atoms with Gasteiger partial charge in [-0.05, 0) is 37.1 Å². The van der Waals surface area contributed by atoms with Crippen molar-refractivity contribution in [3.63, 3.8) is 0 Å². The van der Waals surface area contributed by atoms with Crippen LogP contribution in [-0.2, 0) is 4.79 Å². The number of ether oxygens (including phenoxy) is 1. The molecule has 0 unspecified atom stereocenters. The van der Waals surface area contributed by atoms with Gasteiger partial charge in [0.25, 0.3) is 0 Å². The number of nitrogens with zero attached hydrogens (tertiary/aromatic N) is 5. The first kappa shape index (κ1) is 19.0. The van der Waals surface area contributed by atoms with E-state index in [1.54, 1.807) is 24.3 Å². The summed E-state index contributed by atoms with van der Waals surface area (Å²) in [4.78, 5) is 27.3. The number of piperazine rings is 1. The Labute approximate surface area is 169 Å². The summed E-state index contributed by atoms with van der Waals surface area (Å²) in [6.45, 7) is 5.68. The lowest BCUT2D eigenvalue weighted by molar-refractivity contribution is -0.131. The topological polar surface area (TPSA) is 61.8 Å². The quantitative estimate of drug-likeness (QED) is 0.767. The van der Waals surface area contributed by atoms with Crippen LogP contribution in [0.15, 0.2) is 36.7 Å². The molecule has 7 nitrogen and oxygen atoms in total. The Morgan fingerprint density at radius 1 is 1.00 bits per heavy atom. The largest absolute Gasteiger partial charge is 0.439 e. The van der Waals surface area contributed by atoms with Crippen molar-refractivity contribution in [3.05, 3.63) is 41.7 Å². The fourth-order valence-corrected chi connectivity index (χ4v) is 3.70. The Morgan fingerprint density at radius 2 is 1.71 bits per heavy atom. The number of halogens is 1. The van der Waals surface area contributed by atoms with Gasteiger partial charge < -0.3 is 14.5 Å². The smallest absolute Gasteiger partial charge is 0.236 e. The zero-order valence-electron chi connectivity index (χ0n) is 15.8. The van der Waals surface area contributed by atoms with Gasteiger partial charge in [0, 0.05) is 50.4 Å². The minimum absolute atomic E-state index is 0.256. The van der Waals surface area contributed by atoms with Gasteiger partial charge >= 0.3 is 0 Å². The van der Waals surface area contributed by atoms with Crippen molar-refractivity contribution in [3.8, 4) is 11.6 Å². The Balaban J connectivity index is 1.31. The Hall–Kier alpha value is -2.38. The van der Waals surface area contributed by atoms with Crippen molar-refractivity contribution in [1.29, 1.82) is 0 Å². The lowest BCUT2D eigenvalue weighted by atomic mass is 10.3. The van der Waals surface area contributed by atoms with Crippen LogP contribution in [0.25, 0.3) is 0 Å². The molecule has 0 atom stereocenters. The van der Waals surface area contributed by atoms with Crippen molar-refractivity contribution in [2.45, 2.75) is 12.8 Å². The highest BCUT2D eigenvalue weighted by Gasteiger charge is 2.24. The summed E-state index contributed by atoms with van der Waals surface area (Å²) in [5.74, 6) is 2.27. The molecule has 0 N–H and O–H groups in total. The number of rotatable bonds is 5. The van der Waals surface area contributed by atoms with Crippen LogP contribution in [0.4, 0.5) is 5.82 Å². The molecular formula is C20H24ClN5O2. The number of hydrogen-bond donors (Lipinski definition) is 0. The summed E-state index contributed by atoms with van der Waals surface area (Å²) >= 11 is 5.91. The second-order valence-electron chi connectivity index (χ2n) is 7.12. The molecule has 0 bridgehead atoms. The highest BCUT2D eigenvalue weighted by Crippen LogP contribution is 2.24. The average Bonchev–Trinajstić information content (AvgIpc) is 3.26. The normalized spacial score (nSPS) is 17.8. The number of carbonyl (C=O) groups is 1. The Bertz CT molecular complexity index is 802. The first-order valence-corrected chi connectivity index (χ1v) is 10.1. The lowest BCUT2D eigenvalue weighted by Crippen LogP contribution is -2.50. The van der Waals surface area contributed by atoms with Gasteiger partial charge in [0.2, 0.25) is 11.8 Å². The van der Waals surface area contributed by atoms with E-state index in [2.05, 4.69) is 19.8 Å². The molecule has 2 aromatic rings. The number of carbonyl (C=O) groups excluding carboxylic acids is 1. The van der Waals surface area contributed by atoms with Crippen LogP contribution in [0.2, 0.25) is 5.02 Å². The maximum Gasteiger partial charge on any atom is 0.236 e. The van der Waals surface area contributed by atoms with Crippen molar-refractivity contribution in [2.24, 2.45) is 0 Å². The molecule has 3 heterocycles. The van der Waals surface area contributed by atoms with Gasteiger partial charge in [0.15, 0.2) is 0 Å². The first-order chi connectivity index (χ1) is 13.7. The van der Waals surface area contributed by atoms with E-state index in [9.17, 15) is 4.79 Å². The third kappa shape index (κ3) is 4.72. The molecule has 0 saturated carbocycles. The molecule has 28 heavy (non-hydrogen) atoms. The van der Waals surface area contributed by atoms with Crippen LogP contribution < -0.4 is 9.64 Å². The monoisotopic (exact) mass is 401 g/mol. The van der Waals surface area contributed by atoms with Crippen LogP contribution in [0.1, 0.15) is 12.8 Å². The van der Waals surface area contributed by atoms with Crippen molar-refractivity contribution in [1.82, 2.24) is 19.8 Å². The maximum atomic E-state index is 12.3. The van der Waals surface area contributed by atoms with Crippen LogP contribution in [0.3, 0.4) is 0 Å². The van der Waals surface area contributed by atoms with Gasteiger partial charge in [0.1, 0.15) is 17.9 Å². The third-order valence-corrected chi connectivity index (χ3v) is 5.43. The molecule has 2 aliphatic heterocycles. The van der Waals surface area contributed by atoms with Crippen LogP contribution in [-0.4, -0.2) is 71.5 Å². The minimum atomic E-state index is 0.256. The van der Waals surface area contributed by atoms with Gasteiger partial charge in [-0.3, -0.25) is 9.69 Å². The summed E-state index contributed by atoms with van der Waals surface area (Å²) in [5.41, 5.74) is 0. The molecule has 4 rings (SSSR count). The molecular weight excluding hydrogens is 378 g/mol. The number of likely N-dealkylation sites (tertiary alicyclic amines) is 1. The van der Waals surface area contributed by atoms with Crippen molar-refractivity contribution < 1.29 is 9.53 Å². The maximum absolute atomic E-state index is 12.3. The highest BCUT2D eigenvalue weighted by atomic mass is 35.5. The van der Waals surface area contributed by atoms with E-state index >= 15 is 0 Å². The summed E-state index contributed by atoms with van der Waals surface area (Å²) in [5, 5.41) is 0.664. The molecule has 1 amide bonds. The van der Waals surface area contributed by atoms with E-state index in [1.807, 2.05) is 11.0 Å². The molecule has 1 aromatic carbocycles. The molecule has 148 valence electrons. The zero-order valence-corrected chi connectivity index (χ0v) is 16.5. The summed E-state index contributed by atoms with van der Waals surface area (Å²) in [7, 11) is 0. The van der Waals surface area contributed by atoms with E-state index in [-0.39, 0.29) is 5.91 Å². The molecule has 2 fully saturated rings. The number of amides is 1. The Kier molecular flexibility index (Phi) is 5.92. The molecule has 0 aliphatic carbocycles. The second-order valence-corrected chi connectivity index (χ2v) is 7.56. The SMILES string of the molecule is O=C(CN1CCN(c2cc(Oc3ccc(Cl)cc3)ncn2)CC1)N1CCCC1. The predicted octanol–water partition coefficient (Wildman–Crippen LogP) is 2.67. The number of anilines is 1. The van der Waals surface area contributed by atoms with E-state index < -0.39 is 0 Å². The molecule has 2 saturated heterocycles. The minimum Gasteiger partial charge on any atom is -0.439 e. The van der Waals surface area contributed by atoms with Crippen molar-refractivity contribution in [2.75, 3.05) is 50.7 Å². The number of benzene rings is 1. The van der Waals surface area contributed by atoms with E-state index in [1.165, 1.54) is 6.33 Å². The van der Waals surface area contributed by atoms with Gasteiger partial charge in [-0.2, -0.15) is 0 Å². The van der Waals surface area contributed by atoms with Crippen LogP contribution >= 0.6 is 11.6 Å². The molecule has 0 radical (unpaired) electrons. The molecule has 1 aromatic heterocycles. The van der Waals surface area contributed by atoms with Gasteiger partial charge in [-0.25, -0.2) is 9.97 Å². The van der Waals surface area contributed by atoms with E-state index in [0.29, 0.717) is 23.2 Å². The average molecular weight is 402 g/mol. The van der Waals surface area contributed by atoms with Crippen LogP contribution in [0.5, 0.6) is 11.6 Å². The van der Waals surface area contributed by atoms with Crippen LogP contribution in [0, 0.1) is 0 Å². The zero-order chi connectivity index (χ0) is 19.3. The fourth-order valence-electron chi connectivity index (χ4n) is 3.57. The fraction of sp³-hybridized carbons (Fsp3) is 0.450. The standard InChI is InChI=1S/C20H24ClN5O2/c21-16-3-5-17(6-4-16)28-19-13-18(22-15-23-19)25-11-9-24(10-12-25)14-20(27)26-7-1-2-8-26/h3-6,13,15H,1-2,7-12,14H2. The van der Waals surface area contributed by atoms with E-state index in [4.69, 9.17) is 16.3 Å². The summed E-state index contributed by atoms with van der Waals surface area (Å²) in [6, 6.07) is 9.02. The highest BCUT2D eigenvalue weighted by molar-refractivity contribution is 6.30. The second kappa shape index (κ2) is 8.75. The third-order valence-electron chi connectivity index (χ3n) is 5.18. The summed E-state index contributed by atoms with van der Waals surface area (Å²) < 4.78 is 5.80. The Morgan fingerprint density at radius 3 is 2.43 bits per heavy atom. The number of hydrogen-bond acceptors (Lipinski definition) is 6. The number of aromatic nitrogens is 2.